The van der Waals surface area contributed by atoms with Crippen molar-refractivity contribution >= 4 is 0 Å². The topological polar surface area (TPSA) is 23.8 Å². The quantitative estimate of drug-likeness (QED) is 0.773. The highest BCUT2D eigenvalue weighted by Gasteiger charge is 2.44. The Morgan fingerprint density at radius 1 is 1.00 bits per heavy atom. The van der Waals surface area contributed by atoms with E-state index in [1.165, 1.54) is 12.1 Å². The first-order valence-electron chi connectivity index (χ1n) is 6.01. The number of hydrogen-bond donors (Lipinski definition) is 0. The van der Waals surface area contributed by atoms with Crippen molar-refractivity contribution in [2.45, 2.75) is 18.3 Å². The molecule has 0 amide bonds. The van der Waals surface area contributed by atoms with Gasteiger partial charge in [0.1, 0.15) is 5.82 Å². The minimum Gasteiger partial charge on any atom is -0.207 e. The second kappa shape index (κ2) is 3.96. The summed E-state index contributed by atoms with van der Waals surface area (Å²) in [5.74, 6) is -0.229. The maximum absolute atomic E-state index is 13.1. The minimum atomic E-state index is -0.250. The lowest BCUT2D eigenvalue weighted by molar-refractivity contribution is 0.628. The summed E-state index contributed by atoms with van der Waals surface area (Å²) in [6.07, 6.45) is 1.89. The zero-order valence-corrected chi connectivity index (χ0v) is 9.86. The second-order valence-corrected chi connectivity index (χ2v) is 4.78. The maximum Gasteiger partial charge on any atom is 0.123 e. The molecule has 0 aliphatic heterocycles. The van der Waals surface area contributed by atoms with Crippen LogP contribution >= 0.6 is 0 Å². The summed E-state index contributed by atoms with van der Waals surface area (Å²) >= 11 is 0. The molecule has 1 nitrogen and oxygen atoms in total. The van der Waals surface area contributed by atoms with Crippen molar-refractivity contribution in [2.75, 3.05) is 0 Å². The Balaban J connectivity index is 1.95. The van der Waals surface area contributed by atoms with Gasteiger partial charge in [-0.15, -0.1) is 0 Å². The van der Waals surface area contributed by atoms with Crippen LogP contribution in [0.2, 0.25) is 0 Å². The lowest BCUT2D eigenvalue weighted by atomic mass is 9.95. The Bertz CT molecular complexity index is 618. The Morgan fingerprint density at radius 3 is 2.28 bits per heavy atom. The molecular formula is C16H12FN. The van der Waals surface area contributed by atoms with Crippen molar-refractivity contribution in [1.82, 2.24) is 0 Å². The SMILES string of the molecule is N#CC1(c2ccc(-c3cccc(F)c3)cc2)CC1. The van der Waals surface area contributed by atoms with Crippen LogP contribution in [0.25, 0.3) is 11.1 Å². The molecule has 1 aliphatic rings. The Hall–Kier alpha value is -2.14. The molecule has 0 unspecified atom stereocenters. The second-order valence-electron chi connectivity index (χ2n) is 4.78. The zero-order chi connectivity index (χ0) is 12.6. The van der Waals surface area contributed by atoms with Crippen molar-refractivity contribution in [3.8, 4) is 17.2 Å². The van der Waals surface area contributed by atoms with Crippen LogP contribution in [0, 0.1) is 17.1 Å². The minimum absolute atomic E-state index is 0.229. The molecule has 2 aromatic rings. The van der Waals surface area contributed by atoms with Gasteiger partial charge in [0.25, 0.3) is 0 Å². The fourth-order valence-electron chi connectivity index (χ4n) is 2.24. The molecule has 0 heterocycles. The van der Waals surface area contributed by atoms with Crippen molar-refractivity contribution in [3.05, 3.63) is 59.9 Å². The van der Waals surface area contributed by atoms with Gasteiger partial charge in [0.05, 0.1) is 11.5 Å². The summed E-state index contributed by atoms with van der Waals surface area (Å²) < 4.78 is 13.1. The van der Waals surface area contributed by atoms with Crippen molar-refractivity contribution in [3.63, 3.8) is 0 Å². The summed E-state index contributed by atoms with van der Waals surface area (Å²) in [4.78, 5) is 0. The van der Waals surface area contributed by atoms with Gasteiger partial charge in [0, 0.05) is 0 Å². The molecule has 1 aliphatic carbocycles. The third kappa shape index (κ3) is 1.78. The first-order valence-corrected chi connectivity index (χ1v) is 6.01. The van der Waals surface area contributed by atoms with Gasteiger partial charge in [-0.3, -0.25) is 0 Å². The lowest BCUT2D eigenvalue weighted by Gasteiger charge is -2.07. The summed E-state index contributed by atoms with van der Waals surface area (Å²) in [5.41, 5.74) is 2.67. The molecule has 0 bridgehead atoms. The molecule has 0 spiro atoms. The van der Waals surface area contributed by atoms with E-state index in [-0.39, 0.29) is 11.2 Å². The van der Waals surface area contributed by atoms with Gasteiger partial charge in [0.2, 0.25) is 0 Å². The van der Waals surface area contributed by atoms with Gasteiger partial charge in [-0.25, -0.2) is 4.39 Å². The van der Waals surface area contributed by atoms with E-state index < -0.39 is 0 Å². The highest BCUT2D eigenvalue weighted by molar-refractivity contribution is 5.64. The molecule has 2 aromatic carbocycles. The van der Waals surface area contributed by atoms with Crippen LogP contribution in [-0.4, -0.2) is 0 Å². The molecule has 18 heavy (non-hydrogen) atoms. The maximum atomic E-state index is 13.1. The Kier molecular flexibility index (Phi) is 2.41. The first-order chi connectivity index (χ1) is 8.73. The molecule has 0 saturated heterocycles. The van der Waals surface area contributed by atoms with Gasteiger partial charge < -0.3 is 0 Å². The van der Waals surface area contributed by atoms with Gasteiger partial charge in [-0.1, -0.05) is 36.4 Å². The number of benzene rings is 2. The van der Waals surface area contributed by atoms with E-state index in [1.807, 2.05) is 30.3 Å². The molecule has 0 atom stereocenters. The molecule has 0 N–H and O–H groups in total. The van der Waals surface area contributed by atoms with Gasteiger partial charge in [-0.05, 0) is 41.7 Å². The number of halogens is 1. The lowest BCUT2D eigenvalue weighted by Crippen LogP contribution is -2.01. The van der Waals surface area contributed by atoms with Crippen molar-refractivity contribution in [2.24, 2.45) is 0 Å². The van der Waals surface area contributed by atoms with Crippen molar-refractivity contribution in [1.29, 1.82) is 5.26 Å². The molecule has 1 fully saturated rings. The Morgan fingerprint density at radius 2 is 1.72 bits per heavy atom. The van der Waals surface area contributed by atoms with Crippen LogP contribution in [0.4, 0.5) is 4.39 Å². The van der Waals surface area contributed by atoms with Crippen LogP contribution in [0.5, 0.6) is 0 Å². The largest absolute Gasteiger partial charge is 0.207 e. The normalized spacial score (nSPS) is 16.0. The van der Waals surface area contributed by atoms with E-state index in [0.717, 1.165) is 29.5 Å². The highest BCUT2D eigenvalue weighted by atomic mass is 19.1. The fraction of sp³-hybridized carbons (Fsp3) is 0.188. The van der Waals surface area contributed by atoms with E-state index in [2.05, 4.69) is 6.07 Å². The van der Waals surface area contributed by atoms with Gasteiger partial charge in [0.15, 0.2) is 0 Å². The molecular weight excluding hydrogens is 225 g/mol. The van der Waals surface area contributed by atoms with Gasteiger partial charge in [-0.2, -0.15) is 5.26 Å². The van der Waals surface area contributed by atoms with Crippen LogP contribution < -0.4 is 0 Å². The highest BCUT2D eigenvalue weighted by Crippen LogP contribution is 2.47. The first kappa shape index (κ1) is 11.0. The van der Waals surface area contributed by atoms with E-state index in [0.29, 0.717) is 0 Å². The van der Waals surface area contributed by atoms with E-state index in [1.54, 1.807) is 6.07 Å². The average Bonchev–Trinajstić information content (AvgIpc) is 3.20. The molecule has 3 rings (SSSR count). The van der Waals surface area contributed by atoms with Crippen LogP contribution in [0.15, 0.2) is 48.5 Å². The predicted octanol–water partition coefficient (Wildman–Crippen LogP) is 4.05. The summed E-state index contributed by atoms with van der Waals surface area (Å²) in [6.45, 7) is 0. The molecule has 0 radical (unpaired) electrons. The van der Waals surface area contributed by atoms with E-state index >= 15 is 0 Å². The average molecular weight is 237 g/mol. The monoisotopic (exact) mass is 237 g/mol. The Labute approximate surface area is 106 Å². The number of rotatable bonds is 2. The smallest absolute Gasteiger partial charge is 0.123 e. The third-order valence-corrected chi connectivity index (χ3v) is 3.56. The molecule has 1 saturated carbocycles. The molecule has 2 heteroatoms. The third-order valence-electron chi connectivity index (χ3n) is 3.56. The predicted molar refractivity (Wildman–Crippen MR) is 68.4 cm³/mol. The number of nitriles is 1. The summed E-state index contributed by atoms with van der Waals surface area (Å²) in [7, 11) is 0. The van der Waals surface area contributed by atoms with Crippen LogP contribution in [-0.2, 0) is 5.41 Å². The molecule has 0 aromatic heterocycles. The zero-order valence-electron chi connectivity index (χ0n) is 9.86. The van der Waals surface area contributed by atoms with E-state index in [9.17, 15) is 4.39 Å². The number of hydrogen-bond acceptors (Lipinski definition) is 1. The molecule has 88 valence electrons. The standard InChI is InChI=1S/C16H12FN/c17-15-3-1-2-13(10-15)12-4-6-14(7-5-12)16(11-18)8-9-16/h1-7,10H,8-9H2. The van der Waals surface area contributed by atoms with Crippen molar-refractivity contribution < 1.29 is 4.39 Å². The number of nitrogens with zero attached hydrogens (tertiary/aromatic N) is 1. The van der Waals surface area contributed by atoms with Gasteiger partial charge >= 0.3 is 0 Å². The van der Waals surface area contributed by atoms with Crippen LogP contribution in [0.1, 0.15) is 18.4 Å². The summed E-state index contributed by atoms with van der Waals surface area (Å²) in [5, 5.41) is 9.13. The van der Waals surface area contributed by atoms with Crippen LogP contribution in [0.3, 0.4) is 0 Å². The fourth-order valence-corrected chi connectivity index (χ4v) is 2.24. The van der Waals surface area contributed by atoms with E-state index in [4.69, 9.17) is 5.26 Å². The summed E-state index contributed by atoms with van der Waals surface area (Å²) in [6, 6.07) is 16.8.